The van der Waals surface area contributed by atoms with Crippen molar-refractivity contribution in [3.8, 4) is 10.6 Å². The van der Waals surface area contributed by atoms with Gasteiger partial charge in [-0.1, -0.05) is 17.9 Å². The fourth-order valence-corrected chi connectivity index (χ4v) is 4.68. The number of likely N-dealkylation sites (tertiary alicyclic amines) is 1. The molecule has 194 valence electrons. The Hall–Kier alpha value is -4.17. The van der Waals surface area contributed by atoms with Gasteiger partial charge < -0.3 is 30.9 Å². The summed E-state index contributed by atoms with van der Waals surface area (Å²) in [5.74, 6) is -3.00. The van der Waals surface area contributed by atoms with Crippen molar-refractivity contribution >= 4 is 34.4 Å². The van der Waals surface area contributed by atoms with Crippen molar-refractivity contribution in [2.45, 2.75) is 25.1 Å². The monoisotopic (exact) mass is 530 g/mol. The molecule has 4 rings (SSSR count). The molecule has 1 aliphatic heterocycles. The number of aliphatic hydroxyl groups is 1. The topological polar surface area (TPSA) is 151 Å². The quantitative estimate of drug-likeness (QED) is 0.304. The second-order valence-corrected chi connectivity index (χ2v) is 9.13. The Morgan fingerprint density at radius 2 is 2.16 bits per heavy atom. The third kappa shape index (κ3) is 5.98. The average molecular weight is 531 g/mol. The minimum absolute atomic E-state index is 0.0567. The summed E-state index contributed by atoms with van der Waals surface area (Å²) in [5, 5.41) is 16.1. The van der Waals surface area contributed by atoms with Crippen molar-refractivity contribution in [1.29, 1.82) is 0 Å². The van der Waals surface area contributed by atoms with E-state index in [9.17, 15) is 23.5 Å². The van der Waals surface area contributed by atoms with Crippen LogP contribution in [0, 0.1) is 5.82 Å². The Morgan fingerprint density at radius 3 is 2.92 bits per heavy atom. The van der Waals surface area contributed by atoms with Crippen LogP contribution in [0.15, 0.2) is 55.3 Å². The van der Waals surface area contributed by atoms with Gasteiger partial charge in [-0.3, -0.25) is 14.6 Å². The molecule has 0 bridgehead atoms. The zero-order valence-electron chi connectivity index (χ0n) is 19.5. The molecular formula is C23H24F2N8O3S. The van der Waals surface area contributed by atoms with Crippen molar-refractivity contribution in [2.75, 3.05) is 18.4 Å². The number of nitrogens with zero attached hydrogens (tertiary/aromatic N) is 5. The van der Waals surface area contributed by atoms with Gasteiger partial charge in [-0.05, 0) is 18.6 Å². The lowest BCUT2D eigenvalue weighted by molar-refractivity contribution is -0.138. The first-order chi connectivity index (χ1) is 17.7. The Bertz CT molecular complexity index is 1340. The molecule has 0 aliphatic carbocycles. The van der Waals surface area contributed by atoms with Crippen LogP contribution >= 0.6 is 11.3 Å². The number of amides is 2. The number of thiazole rings is 1. The van der Waals surface area contributed by atoms with Gasteiger partial charge in [-0.25, -0.2) is 18.7 Å². The van der Waals surface area contributed by atoms with E-state index < -0.39 is 35.6 Å². The van der Waals surface area contributed by atoms with E-state index in [-0.39, 0.29) is 31.0 Å². The molecule has 3 aromatic heterocycles. The fraction of sp³-hybridized carbons (Fsp3) is 0.261. The number of carbonyl (C=O) groups is 2. The number of imidazole rings is 1. The van der Waals surface area contributed by atoms with E-state index in [0.717, 1.165) is 4.90 Å². The molecule has 0 unspecified atom stereocenters. The van der Waals surface area contributed by atoms with E-state index in [1.807, 2.05) is 0 Å². The second-order valence-electron chi connectivity index (χ2n) is 8.10. The van der Waals surface area contributed by atoms with Gasteiger partial charge in [0.2, 0.25) is 5.91 Å². The highest BCUT2D eigenvalue weighted by atomic mass is 32.1. The normalized spacial score (nSPS) is 17.6. The number of hydrogen-bond acceptors (Lipinski definition) is 9. The van der Waals surface area contributed by atoms with Crippen molar-refractivity contribution < 1.29 is 23.5 Å². The van der Waals surface area contributed by atoms with Gasteiger partial charge in [0.1, 0.15) is 23.4 Å². The van der Waals surface area contributed by atoms with Crippen LogP contribution in [-0.2, 0) is 16.1 Å². The Labute approximate surface area is 214 Å². The number of nitrogens with two attached hydrogens (primary N) is 1. The maximum atomic E-state index is 14.0. The Kier molecular flexibility index (Phi) is 7.89. The molecule has 4 heterocycles. The average Bonchev–Trinajstić information content (AvgIpc) is 3.59. The molecule has 1 fully saturated rings. The first-order valence-corrected chi connectivity index (χ1v) is 12.0. The number of hydrogen-bond donors (Lipinski definition) is 4. The highest BCUT2D eigenvalue weighted by Crippen LogP contribution is 2.29. The van der Waals surface area contributed by atoms with E-state index in [0.29, 0.717) is 22.2 Å². The highest BCUT2D eigenvalue weighted by Gasteiger charge is 2.41. The first kappa shape index (κ1) is 25.9. The number of aromatic nitrogens is 4. The predicted octanol–water partition coefficient (Wildman–Crippen LogP) is 1.47. The van der Waals surface area contributed by atoms with Gasteiger partial charge in [0.25, 0.3) is 5.91 Å². The zero-order valence-corrected chi connectivity index (χ0v) is 20.3. The fourth-order valence-electron chi connectivity index (χ4n) is 3.85. The van der Waals surface area contributed by atoms with E-state index >= 15 is 0 Å². The molecule has 1 saturated heterocycles. The van der Waals surface area contributed by atoms with Crippen molar-refractivity contribution in [3.05, 3.63) is 66.8 Å². The number of halogens is 2. The van der Waals surface area contributed by atoms with Crippen LogP contribution in [0.5, 0.6) is 0 Å². The molecule has 3 aromatic rings. The lowest BCUT2D eigenvalue weighted by atomic mass is 10.1. The van der Waals surface area contributed by atoms with Crippen molar-refractivity contribution in [3.63, 3.8) is 0 Å². The molecule has 0 saturated carbocycles. The summed E-state index contributed by atoms with van der Waals surface area (Å²) < 4.78 is 29.0. The van der Waals surface area contributed by atoms with Crippen LogP contribution in [0.2, 0.25) is 0 Å². The maximum Gasteiger partial charge on any atom is 0.282 e. The van der Waals surface area contributed by atoms with E-state index in [1.54, 1.807) is 23.2 Å². The lowest BCUT2D eigenvalue weighted by Crippen LogP contribution is -2.50. The van der Waals surface area contributed by atoms with Crippen LogP contribution in [-0.4, -0.2) is 66.6 Å². The second kappa shape index (κ2) is 11.3. The molecule has 5 N–H and O–H groups in total. The summed E-state index contributed by atoms with van der Waals surface area (Å²) in [6.45, 7) is 3.48. The molecule has 0 aromatic carbocycles. The summed E-state index contributed by atoms with van der Waals surface area (Å²) in [7, 11) is 0. The third-order valence-corrected chi connectivity index (χ3v) is 6.50. The van der Waals surface area contributed by atoms with Crippen LogP contribution < -0.4 is 16.4 Å². The molecule has 0 spiro atoms. The van der Waals surface area contributed by atoms with Crippen molar-refractivity contribution in [1.82, 2.24) is 29.7 Å². The summed E-state index contributed by atoms with van der Waals surface area (Å²) in [4.78, 5) is 38.4. The minimum Gasteiger partial charge on any atom is -0.390 e. The van der Waals surface area contributed by atoms with Crippen LogP contribution in [0.25, 0.3) is 16.6 Å². The van der Waals surface area contributed by atoms with E-state index in [2.05, 4.69) is 32.2 Å². The van der Waals surface area contributed by atoms with Gasteiger partial charge in [-0.2, -0.15) is 0 Å². The third-order valence-electron chi connectivity index (χ3n) is 5.58. The smallest absolute Gasteiger partial charge is 0.282 e. The number of rotatable bonds is 9. The first-order valence-electron chi connectivity index (χ1n) is 11.2. The lowest BCUT2D eigenvalue weighted by Gasteiger charge is -2.24. The van der Waals surface area contributed by atoms with Gasteiger partial charge in [0, 0.05) is 38.1 Å². The van der Waals surface area contributed by atoms with Gasteiger partial charge in [-0.15, -0.1) is 0 Å². The predicted molar refractivity (Wildman–Crippen MR) is 133 cm³/mol. The maximum absolute atomic E-state index is 14.0. The molecule has 14 heteroatoms. The largest absolute Gasteiger partial charge is 0.390 e. The number of carbonyl (C=O) groups excluding carboxylic acids is 2. The molecule has 37 heavy (non-hydrogen) atoms. The number of aliphatic hydroxyl groups excluding tert-OH is 1. The van der Waals surface area contributed by atoms with Crippen LogP contribution in [0.4, 0.5) is 13.9 Å². The van der Waals surface area contributed by atoms with Crippen LogP contribution in [0.3, 0.4) is 0 Å². The molecule has 1 aliphatic rings. The summed E-state index contributed by atoms with van der Waals surface area (Å²) in [6.07, 6.45) is 6.79. The molecular weight excluding hydrogens is 506 g/mol. The molecule has 11 nitrogen and oxygen atoms in total. The highest BCUT2D eigenvalue weighted by molar-refractivity contribution is 7.18. The Balaban J connectivity index is 1.34. The zero-order chi connectivity index (χ0) is 26.5. The van der Waals surface area contributed by atoms with Gasteiger partial charge in [0.15, 0.2) is 11.0 Å². The summed E-state index contributed by atoms with van der Waals surface area (Å²) in [5.41, 5.74) is 6.92. The Morgan fingerprint density at radius 1 is 1.35 bits per heavy atom. The minimum atomic E-state index is -1.19. The SMILES string of the molecule is C=C(F)C(=O)N1CC[C@H](O)[C@H]1C(=O)NCCn1cncc1/C=C(\N)Nc1ncc(-c2ncccc2F)s1. The number of nitrogens with one attached hydrogen (secondary N) is 2. The van der Waals surface area contributed by atoms with Gasteiger partial charge in [0.05, 0.1) is 29.2 Å². The summed E-state index contributed by atoms with van der Waals surface area (Å²) >= 11 is 1.19. The molecule has 0 radical (unpaired) electrons. The van der Waals surface area contributed by atoms with Crippen molar-refractivity contribution in [2.24, 2.45) is 5.73 Å². The molecule has 2 amide bonds. The molecule has 2 atom stereocenters. The van der Waals surface area contributed by atoms with E-state index in [1.165, 1.54) is 35.9 Å². The van der Waals surface area contributed by atoms with E-state index in [4.69, 9.17) is 5.73 Å². The standard InChI is InChI=1S/C23H24F2N8O3S/c1-13(24)22(36)33-7-4-16(34)20(33)21(35)29-6-8-32-12-27-10-14(32)9-18(26)31-23-30-11-17(37-23)19-15(25)3-2-5-28-19/h2-3,5,9-12,16,20,34H,1,4,6-8,26H2,(H,29,35)(H,30,31)/b18-9+/t16-,20-/m0/s1. The van der Waals surface area contributed by atoms with Crippen LogP contribution in [0.1, 0.15) is 12.1 Å². The van der Waals surface area contributed by atoms with Gasteiger partial charge >= 0.3 is 0 Å². The number of pyridine rings is 1. The number of anilines is 1. The summed E-state index contributed by atoms with van der Waals surface area (Å²) in [6, 6.07) is 1.63.